The minimum Gasteiger partial charge on any atom is -0.493 e. The molecule has 6 aliphatic rings. The van der Waals surface area contributed by atoms with Gasteiger partial charge in [-0.25, -0.2) is 0 Å². The summed E-state index contributed by atoms with van der Waals surface area (Å²) in [5, 5.41) is 24.5. The Labute approximate surface area is 321 Å². The van der Waals surface area contributed by atoms with Gasteiger partial charge in [-0.15, -0.1) is 0 Å². The van der Waals surface area contributed by atoms with Crippen molar-refractivity contribution >= 4 is 56.6 Å². The molecule has 0 unspecified atom stereocenters. The molecule has 4 aliphatic carbocycles. The van der Waals surface area contributed by atoms with Gasteiger partial charge in [0, 0.05) is 48.3 Å². The number of esters is 3. The van der Waals surface area contributed by atoms with Gasteiger partial charge >= 0.3 is 17.9 Å². The minimum absolute atomic E-state index is 0.0153. The quantitative estimate of drug-likeness (QED) is 0.0629. The first kappa shape index (κ1) is 38.3. The number of carbonyl (C=O) groups excluding carboxylic acids is 4. The van der Waals surface area contributed by atoms with Gasteiger partial charge in [-0.2, -0.15) is 0 Å². The molecular weight excluding hydrogens is 741 g/mol. The second-order valence-corrected chi connectivity index (χ2v) is 18.7. The van der Waals surface area contributed by atoms with Crippen LogP contribution in [0.3, 0.4) is 0 Å². The molecule has 2 saturated heterocycles. The summed E-state index contributed by atoms with van der Waals surface area (Å²) in [4.78, 5) is 53.8. The van der Waals surface area contributed by atoms with Gasteiger partial charge in [-0.05, 0) is 84.9 Å². The first-order valence-corrected chi connectivity index (χ1v) is 20.9. The lowest BCUT2D eigenvalue weighted by Crippen LogP contribution is -2.86. The van der Waals surface area contributed by atoms with Crippen LogP contribution in [-0.2, 0) is 38.1 Å². The van der Waals surface area contributed by atoms with Crippen molar-refractivity contribution in [2.24, 2.45) is 34.0 Å². The summed E-state index contributed by atoms with van der Waals surface area (Å²) in [6, 6.07) is 9.71. The Morgan fingerprint density at radius 3 is 2.45 bits per heavy atom. The van der Waals surface area contributed by atoms with Crippen LogP contribution in [0.25, 0.3) is 10.4 Å². The summed E-state index contributed by atoms with van der Waals surface area (Å²) < 4.78 is 30.2. The highest BCUT2D eigenvalue weighted by molar-refractivity contribution is 7.80. The van der Waals surface area contributed by atoms with Crippen molar-refractivity contribution in [3.63, 3.8) is 0 Å². The van der Waals surface area contributed by atoms with Gasteiger partial charge in [0.05, 0.1) is 19.8 Å². The summed E-state index contributed by atoms with van der Waals surface area (Å²) in [6.45, 7) is 9.95. The zero-order valence-corrected chi connectivity index (χ0v) is 32.6. The van der Waals surface area contributed by atoms with Crippen LogP contribution in [0.2, 0.25) is 0 Å². The maximum Gasteiger partial charge on any atom is 0.306 e. The average Bonchev–Trinajstić information content (AvgIpc) is 3.59. The molecule has 4 bridgehead atoms. The van der Waals surface area contributed by atoms with Gasteiger partial charge in [0.1, 0.15) is 33.3 Å². The molecule has 3 heterocycles. The normalized spacial score (nSPS) is 34.9. The van der Waals surface area contributed by atoms with Crippen LogP contribution in [0.4, 0.5) is 0 Å². The van der Waals surface area contributed by atoms with E-state index in [-0.39, 0.29) is 38.0 Å². The van der Waals surface area contributed by atoms with Crippen molar-refractivity contribution in [3.05, 3.63) is 46.3 Å². The molecule has 9 atom stereocenters. The molecule has 0 radical (unpaired) electrons. The van der Waals surface area contributed by atoms with E-state index in [4.69, 9.17) is 35.9 Å². The highest BCUT2D eigenvalue weighted by Crippen LogP contribution is 2.77. The molecule has 2 aliphatic heterocycles. The van der Waals surface area contributed by atoms with Crippen LogP contribution in [-0.4, -0.2) is 77.8 Å². The van der Waals surface area contributed by atoms with Gasteiger partial charge in [0.25, 0.3) is 0 Å². The van der Waals surface area contributed by atoms with E-state index in [0.717, 1.165) is 14.3 Å². The summed E-state index contributed by atoms with van der Waals surface area (Å²) in [5.41, 5.74) is -2.02. The highest BCUT2D eigenvalue weighted by atomic mass is 32.9. The number of hydrogen-bond acceptors (Lipinski definition) is 14. The van der Waals surface area contributed by atoms with Gasteiger partial charge in [0.15, 0.2) is 5.78 Å². The average molecular weight is 787 g/mol. The smallest absolute Gasteiger partial charge is 0.306 e. The zero-order valence-electron chi connectivity index (χ0n) is 30.1. The van der Waals surface area contributed by atoms with Crippen LogP contribution in [0, 0.1) is 37.8 Å². The number of carbonyl (C=O) groups is 4. The van der Waals surface area contributed by atoms with Crippen molar-refractivity contribution < 1.29 is 53.1 Å². The van der Waals surface area contributed by atoms with E-state index in [9.17, 15) is 29.4 Å². The Balaban J connectivity index is 0.958. The molecule has 1 aromatic heterocycles. The SMILES string of the molecule is C=C1C(=O)[C@]23[C@H](OC(=O)CCCC(=O)OCCCOc4ccc(-c5cc(=S)ss5)cc4)[C@H]1CC[C@H]2[C@@]12CO[C@@]3(O)[C@@H](O)[C@@H]1C(C)(C)CC[C@@H]2OC(C)=O. The number of aliphatic hydroxyl groups is 2. The van der Waals surface area contributed by atoms with Crippen LogP contribution in [0.5, 0.6) is 5.75 Å². The Morgan fingerprint density at radius 1 is 1.02 bits per heavy atom. The summed E-state index contributed by atoms with van der Waals surface area (Å²) in [6.07, 6.45) is -0.771. The van der Waals surface area contributed by atoms with Gasteiger partial charge in [-0.3, -0.25) is 19.2 Å². The van der Waals surface area contributed by atoms with Crippen LogP contribution in [0.15, 0.2) is 42.5 Å². The second kappa shape index (κ2) is 14.2. The molecular formula is C39H46O11S3. The third-order valence-electron chi connectivity index (χ3n) is 12.6. The van der Waals surface area contributed by atoms with Crippen molar-refractivity contribution in [1.82, 2.24) is 0 Å². The number of ether oxygens (including phenoxy) is 5. The van der Waals surface area contributed by atoms with E-state index in [2.05, 4.69) is 6.58 Å². The van der Waals surface area contributed by atoms with E-state index in [1.165, 1.54) is 6.92 Å². The first-order chi connectivity index (χ1) is 25.2. The molecule has 11 nitrogen and oxygen atoms in total. The Morgan fingerprint density at radius 2 is 1.75 bits per heavy atom. The van der Waals surface area contributed by atoms with E-state index in [0.29, 0.717) is 44.5 Å². The molecule has 14 heteroatoms. The predicted molar refractivity (Wildman–Crippen MR) is 197 cm³/mol. The molecule has 8 rings (SSSR count). The lowest BCUT2D eigenvalue weighted by Gasteiger charge is -2.74. The molecule has 6 fully saturated rings. The van der Waals surface area contributed by atoms with Crippen LogP contribution in [0.1, 0.15) is 72.1 Å². The number of benzene rings is 1. The molecule has 2 spiro atoms. The maximum atomic E-state index is 14.4. The summed E-state index contributed by atoms with van der Waals surface area (Å²) in [7, 11) is 3.20. The number of rotatable bonds is 12. The fourth-order valence-electron chi connectivity index (χ4n) is 10.6. The number of hydrogen-bond donors (Lipinski definition) is 2. The van der Waals surface area contributed by atoms with E-state index >= 15 is 0 Å². The number of fused-ring (bicyclic) bond motifs is 2. The molecule has 0 amide bonds. The second-order valence-electron chi connectivity index (χ2n) is 15.8. The Bertz CT molecular complexity index is 1850. The Kier molecular flexibility index (Phi) is 10.3. The van der Waals surface area contributed by atoms with Crippen molar-refractivity contribution in [1.29, 1.82) is 0 Å². The van der Waals surface area contributed by atoms with Gasteiger partial charge < -0.3 is 33.9 Å². The predicted octanol–water partition coefficient (Wildman–Crippen LogP) is 6.20. The topological polar surface area (TPSA) is 155 Å². The molecule has 4 saturated carbocycles. The fraction of sp³-hybridized carbons (Fsp3) is 0.615. The summed E-state index contributed by atoms with van der Waals surface area (Å²) >= 11 is 5.21. The first-order valence-electron chi connectivity index (χ1n) is 18.3. The highest BCUT2D eigenvalue weighted by Gasteiger charge is 2.88. The summed E-state index contributed by atoms with van der Waals surface area (Å²) in [5.74, 6) is -5.46. The lowest BCUT2D eigenvalue weighted by atomic mass is 9.35. The van der Waals surface area contributed by atoms with E-state index < -0.39 is 81.8 Å². The lowest BCUT2D eigenvalue weighted by molar-refractivity contribution is -0.458. The van der Waals surface area contributed by atoms with Gasteiger partial charge in [-0.1, -0.05) is 53.3 Å². The number of Topliss-reactive ketones (excluding diaryl/α,β-unsaturated/α-hetero) is 1. The Hall–Kier alpha value is -3.01. The maximum absolute atomic E-state index is 14.4. The number of aliphatic hydroxyl groups excluding tert-OH is 1. The third kappa shape index (κ3) is 6.12. The minimum atomic E-state index is -2.35. The molecule has 286 valence electrons. The van der Waals surface area contributed by atoms with Crippen LogP contribution < -0.4 is 4.74 Å². The zero-order chi connectivity index (χ0) is 37.9. The fourth-order valence-corrected chi connectivity index (χ4v) is 13.0. The van der Waals surface area contributed by atoms with Crippen molar-refractivity contribution in [3.8, 4) is 16.2 Å². The molecule has 53 heavy (non-hydrogen) atoms. The van der Waals surface area contributed by atoms with Crippen molar-refractivity contribution in [2.75, 3.05) is 19.8 Å². The molecule has 2 N–H and O–H groups in total. The standard InChI is InChI=1S/C39H46O11S3/c1-21-25-13-14-27-37-20-48-39(45,34(44)32(37)36(3,4)16-15-28(37)49-22(2)40)38(27,33(21)43)35(25)50-30(42)8-5-7-29(41)47-18-6-17-46-24-11-9-23(10-12-24)26-19-31(51)53-52-26/h9-12,19,25,27-28,32,34-35,44-45H,1,5-8,13-18,20H2,2-4H3/t25-,27-,28-,32+,34-,35+,37+,38-,39-/m0/s1. The molecule has 2 aromatic rings. The van der Waals surface area contributed by atoms with E-state index in [1.54, 1.807) is 20.7 Å². The third-order valence-corrected chi connectivity index (χ3v) is 15.5. The monoisotopic (exact) mass is 786 g/mol. The molecule has 1 aromatic carbocycles. The van der Waals surface area contributed by atoms with E-state index in [1.807, 2.05) is 44.2 Å². The largest absolute Gasteiger partial charge is 0.493 e. The van der Waals surface area contributed by atoms with Crippen LogP contribution >= 0.6 is 32.9 Å². The van der Waals surface area contributed by atoms with Crippen molar-refractivity contribution in [2.45, 2.75) is 96.2 Å². The van der Waals surface area contributed by atoms with Gasteiger partial charge in [0.2, 0.25) is 5.79 Å². The number of ketones is 1.